The van der Waals surface area contributed by atoms with Gasteiger partial charge in [0.1, 0.15) is 0 Å². The second kappa shape index (κ2) is 6.62. The van der Waals surface area contributed by atoms with Crippen LogP contribution in [0.1, 0.15) is 50.5 Å². The molecule has 3 atom stereocenters. The smallest absolute Gasteiger partial charge is 0.248 e. The Balaban J connectivity index is 1.45. The number of aliphatic hydroxyl groups is 1. The van der Waals surface area contributed by atoms with Crippen LogP contribution in [-0.4, -0.2) is 41.2 Å². The summed E-state index contributed by atoms with van der Waals surface area (Å²) in [5.74, 6) is -2.04. The van der Waals surface area contributed by atoms with Crippen LogP contribution in [0.25, 0.3) is 0 Å². The number of aliphatic hydroxyl groups excluding tert-OH is 1. The minimum absolute atomic E-state index is 0.0516. The molecular formula is C21H29F2NO. The van der Waals surface area contributed by atoms with Crippen LogP contribution in [0, 0.1) is 11.3 Å². The molecule has 2 saturated heterocycles. The maximum Gasteiger partial charge on any atom is 0.248 e. The first-order valence-electron chi connectivity index (χ1n) is 9.80. The lowest BCUT2D eigenvalue weighted by Crippen LogP contribution is -2.43. The molecule has 1 aromatic carbocycles. The Morgan fingerprint density at radius 2 is 1.76 bits per heavy atom. The van der Waals surface area contributed by atoms with Crippen molar-refractivity contribution < 1.29 is 13.9 Å². The van der Waals surface area contributed by atoms with E-state index < -0.39 is 5.92 Å². The Morgan fingerprint density at radius 3 is 2.44 bits per heavy atom. The zero-order valence-corrected chi connectivity index (χ0v) is 14.8. The van der Waals surface area contributed by atoms with Crippen LogP contribution in [0.15, 0.2) is 30.3 Å². The molecular weight excluding hydrogens is 320 g/mol. The maximum absolute atomic E-state index is 13.4. The molecule has 0 radical (unpaired) electrons. The van der Waals surface area contributed by atoms with Crippen molar-refractivity contribution >= 4 is 0 Å². The SMILES string of the molecule is OC[C@@]1(Cc2ccccc2)C[C@H]2CC[C@@H]1N2CC1CCC(F)(F)CC1. The van der Waals surface area contributed by atoms with E-state index in [2.05, 4.69) is 29.2 Å². The predicted molar refractivity (Wildman–Crippen MR) is 94.7 cm³/mol. The maximum atomic E-state index is 13.4. The molecule has 138 valence electrons. The van der Waals surface area contributed by atoms with Gasteiger partial charge in [0, 0.05) is 36.9 Å². The van der Waals surface area contributed by atoms with E-state index in [0.29, 0.717) is 30.8 Å². The Labute approximate surface area is 149 Å². The summed E-state index contributed by atoms with van der Waals surface area (Å²) in [5.41, 5.74) is 1.24. The van der Waals surface area contributed by atoms with E-state index in [4.69, 9.17) is 0 Å². The van der Waals surface area contributed by atoms with Gasteiger partial charge < -0.3 is 5.11 Å². The third kappa shape index (κ3) is 3.35. The van der Waals surface area contributed by atoms with Crippen molar-refractivity contribution in [3.63, 3.8) is 0 Å². The van der Waals surface area contributed by atoms with Gasteiger partial charge in [0.2, 0.25) is 5.92 Å². The number of benzene rings is 1. The van der Waals surface area contributed by atoms with Crippen LogP contribution < -0.4 is 0 Å². The number of nitrogens with zero attached hydrogens (tertiary/aromatic N) is 1. The minimum Gasteiger partial charge on any atom is -0.396 e. The molecule has 2 nitrogen and oxygen atoms in total. The Morgan fingerprint density at radius 1 is 1.04 bits per heavy atom. The van der Waals surface area contributed by atoms with Gasteiger partial charge in [-0.3, -0.25) is 4.90 Å². The predicted octanol–water partition coefficient (Wildman–Crippen LogP) is 4.27. The molecule has 2 aliphatic heterocycles. The van der Waals surface area contributed by atoms with E-state index in [0.717, 1.165) is 25.8 Å². The van der Waals surface area contributed by atoms with Gasteiger partial charge in [0.05, 0.1) is 6.61 Å². The first-order valence-corrected chi connectivity index (χ1v) is 9.80. The fourth-order valence-corrected chi connectivity index (χ4v) is 5.69. The van der Waals surface area contributed by atoms with Gasteiger partial charge in [-0.1, -0.05) is 30.3 Å². The fourth-order valence-electron chi connectivity index (χ4n) is 5.69. The van der Waals surface area contributed by atoms with E-state index in [9.17, 15) is 13.9 Å². The Kier molecular flexibility index (Phi) is 4.61. The van der Waals surface area contributed by atoms with Gasteiger partial charge in [-0.15, -0.1) is 0 Å². The first kappa shape index (κ1) is 17.4. The second-order valence-electron chi connectivity index (χ2n) is 8.63. The Bertz CT molecular complexity index is 583. The molecule has 4 heteroatoms. The monoisotopic (exact) mass is 349 g/mol. The van der Waals surface area contributed by atoms with Gasteiger partial charge in [-0.2, -0.15) is 0 Å². The third-order valence-corrected chi connectivity index (χ3v) is 7.01. The lowest BCUT2D eigenvalue weighted by Gasteiger charge is -2.38. The van der Waals surface area contributed by atoms with Gasteiger partial charge in [-0.05, 0) is 50.0 Å². The highest BCUT2D eigenvalue weighted by atomic mass is 19.3. The van der Waals surface area contributed by atoms with Crippen molar-refractivity contribution in [1.29, 1.82) is 0 Å². The third-order valence-electron chi connectivity index (χ3n) is 7.01. The molecule has 0 amide bonds. The van der Waals surface area contributed by atoms with Crippen LogP contribution in [0.4, 0.5) is 8.78 Å². The topological polar surface area (TPSA) is 23.5 Å². The molecule has 0 aromatic heterocycles. The quantitative estimate of drug-likeness (QED) is 0.858. The van der Waals surface area contributed by atoms with Gasteiger partial charge >= 0.3 is 0 Å². The molecule has 25 heavy (non-hydrogen) atoms. The van der Waals surface area contributed by atoms with Gasteiger partial charge in [-0.25, -0.2) is 8.78 Å². The van der Waals surface area contributed by atoms with E-state index in [-0.39, 0.29) is 24.9 Å². The summed E-state index contributed by atoms with van der Waals surface area (Å²) in [7, 11) is 0. The first-order chi connectivity index (χ1) is 12.0. The van der Waals surface area contributed by atoms with Gasteiger partial charge in [0.15, 0.2) is 0 Å². The van der Waals surface area contributed by atoms with Crippen molar-refractivity contribution in [2.45, 2.75) is 69.4 Å². The molecule has 1 aromatic rings. The summed E-state index contributed by atoms with van der Waals surface area (Å²) in [6.07, 6.45) is 5.70. The lowest BCUT2D eigenvalue weighted by molar-refractivity contribution is -0.0501. The van der Waals surface area contributed by atoms with Crippen LogP contribution in [0.2, 0.25) is 0 Å². The highest BCUT2D eigenvalue weighted by molar-refractivity contribution is 5.20. The number of halogens is 2. The lowest BCUT2D eigenvalue weighted by atomic mass is 9.70. The summed E-state index contributed by atoms with van der Waals surface area (Å²) in [6.45, 7) is 1.17. The molecule has 2 bridgehead atoms. The van der Waals surface area contributed by atoms with Crippen LogP contribution >= 0.6 is 0 Å². The molecule has 2 heterocycles. The van der Waals surface area contributed by atoms with Crippen molar-refractivity contribution in [1.82, 2.24) is 4.90 Å². The Hall–Kier alpha value is -1.00. The standard InChI is InChI=1S/C21H29F2NO/c22-21(23)10-8-17(9-11-21)14-24-18-6-7-19(24)20(13-18,15-25)12-16-4-2-1-3-5-16/h1-5,17-19,25H,6-15H2/t18-,19+,20-/m1/s1. The summed E-state index contributed by atoms with van der Waals surface area (Å²) in [4.78, 5) is 2.58. The van der Waals surface area contributed by atoms with E-state index in [1.165, 1.54) is 12.0 Å². The number of hydrogen-bond acceptors (Lipinski definition) is 2. The van der Waals surface area contributed by atoms with Crippen LogP contribution in [0.5, 0.6) is 0 Å². The number of fused-ring (bicyclic) bond motifs is 2. The average Bonchev–Trinajstić information content (AvgIpc) is 3.12. The second-order valence-corrected chi connectivity index (χ2v) is 8.63. The van der Waals surface area contributed by atoms with Gasteiger partial charge in [0.25, 0.3) is 0 Å². The van der Waals surface area contributed by atoms with E-state index in [1.807, 2.05) is 6.07 Å². The summed E-state index contributed by atoms with van der Waals surface area (Å²) in [6, 6.07) is 11.4. The number of hydrogen-bond donors (Lipinski definition) is 1. The number of alkyl halides is 2. The van der Waals surface area contributed by atoms with E-state index in [1.54, 1.807) is 0 Å². The molecule has 0 unspecified atom stereocenters. The normalized spacial score (nSPS) is 35.3. The summed E-state index contributed by atoms with van der Waals surface area (Å²) < 4.78 is 26.9. The molecule has 1 N–H and O–H groups in total. The van der Waals surface area contributed by atoms with Crippen LogP contribution in [-0.2, 0) is 6.42 Å². The van der Waals surface area contributed by atoms with Crippen molar-refractivity contribution in [3.8, 4) is 0 Å². The molecule has 4 rings (SSSR count). The van der Waals surface area contributed by atoms with Crippen molar-refractivity contribution in [3.05, 3.63) is 35.9 Å². The van der Waals surface area contributed by atoms with Crippen molar-refractivity contribution in [2.75, 3.05) is 13.2 Å². The van der Waals surface area contributed by atoms with E-state index >= 15 is 0 Å². The molecule has 1 saturated carbocycles. The molecule has 3 aliphatic rings. The molecule has 0 spiro atoms. The summed E-state index contributed by atoms with van der Waals surface area (Å²) >= 11 is 0. The zero-order chi connectivity index (χ0) is 17.5. The molecule has 3 fully saturated rings. The van der Waals surface area contributed by atoms with Crippen molar-refractivity contribution in [2.24, 2.45) is 11.3 Å². The number of rotatable bonds is 5. The fraction of sp³-hybridized carbons (Fsp3) is 0.714. The molecule has 1 aliphatic carbocycles. The highest BCUT2D eigenvalue weighted by Gasteiger charge is 2.55. The van der Waals surface area contributed by atoms with Crippen LogP contribution in [0.3, 0.4) is 0 Å². The minimum atomic E-state index is -2.44. The largest absolute Gasteiger partial charge is 0.396 e. The highest BCUT2D eigenvalue weighted by Crippen LogP contribution is 2.52. The average molecular weight is 349 g/mol. The zero-order valence-electron chi connectivity index (χ0n) is 14.8. The summed E-state index contributed by atoms with van der Waals surface area (Å²) in [5, 5.41) is 10.3.